The van der Waals surface area contributed by atoms with Crippen molar-refractivity contribution < 1.29 is 13.5 Å². The van der Waals surface area contributed by atoms with Gasteiger partial charge < -0.3 is 5.11 Å². The molecule has 1 N–H and O–H groups in total. The van der Waals surface area contributed by atoms with E-state index in [1.54, 1.807) is 31.2 Å². The zero-order valence-electron chi connectivity index (χ0n) is 12.0. The van der Waals surface area contributed by atoms with E-state index < -0.39 is 15.9 Å². The third kappa shape index (κ3) is 4.03. The number of sulfone groups is 1. The molecule has 3 nitrogen and oxygen atoms in total. The van der Waals surface area contributed by atoms with Gasteiger partial charge in [0.25, 0.3) is 0 Å². The molecule has 0 aliphatic heterocycles. The fourth-order valence-corrected chi connectivity index (χ4v) is 2.70. The van der Waals surface area contributed by atoms with Crippen molar-refractivity contribution in [1.82, 2.24) is 0 Å². The summed E-state index contributed by atoms with van der Waals surface area (Å²) >= 11 is 0. The van der Waals surface area contributed by atoms with Crippen molar-refractivity contribution in [2.45, 2.75) is 17.9 Å². The lowest BCUT2D eigenvalue weighted by Crippen LogP contribution is -2.03. The number of rotatable bonds is 4. The Bertz CT molecular complexity index is 727. The van der Waals surface area contributed by atoms with Crippen molar-refractivity contribution >= 4 is 21.5 Å². The average Bonchev–Trinajstić information content (AvgIpc) is 2.45. The molecule has 4 heteroatoms. The highest BCUT2D eigenvalue weighted by Gasteiger charge is 2.09. The van der Waals surface area contributed by atoms with Gasteiger partial charge in [0, 0.05) is 6.26 Å². The molecule has 2 aromatic carbocycles. The molecule has 0 bridgehead atoms. The van der Waals surface area contributed by atoms with Crippen LogP contribution in [0.2, 0.25) is 0 Å². The highest BCUT2D eigenvalue weighted by Crippen LogP contribution is 2.22. The third-order valence-corrected chi connectivity index (χ3v) is 4.32. The summed E-state index contributed by atoms with van der Waals surface area (Å²) in [5.74, 6) is 0. The Hall–Kier alpha value is -1.91. The molecule has 0 aromatic heterocycles. The van der Waals surface area contributed by atoms with Crippen molar-refractivity contribution in [3.63, 3.8) is 0 Å². The fraction of sp³-hybridized carbons (Fsp3) is 0.176. The highest BCUT2D eigenvalue weighted by atomic mass is 32.2. The standard InChI is InChI=1S/C17H18O3S/c1-13(18)17(15-6-4-3-5-7-15)12-14-8-10-16(11-9-14)21(2,19)20/h3-13,18H,1-2H3/b17-12-. The first-order valence-electron chi connectivity index (χ1n) is 6.63. The van der Waals surface area contributed by atoms with Crippen LogP contribution < -0.4 is 0 Å². The molecule has 0 saturated heterocycles. The van der Waals surface area contributed by atoms with E-state index in [0.717, 1.165) is 16.7 Å². The van der Waals surface area contributed by atoms with Gasteiger partial charge in [-0.25, -0.2) is 8.42 Å². The topological polar surface area (TPSA) is 54.4 Å². The summed E-state index contributed by atoms with van der Waals surface area (Å²) < 4.78 is 22.9. The number of benzene rings is 2. The van der Waals surface area contributed by atoms with Crippen LogP contribution in [0.15, 0.2) is 59.5 Å². The second kappa shape index (κ2) is 6.24. The van der Waals surface area contributed by atoms with Crippen LogP contribution in [-0.2, 0) is 9.84 Å². The SMILES string of the molecule is CC(O)/C(=C/c1ccc(S(C)(=O)=O)cc1)c1ccccc1. The van der Waals surface area contributed by atoms with Gasteiger partial charge in [-0.05, 0) is 41.8 Å². The third-order valence-electron chi connectivity index (χ3n) is 3.19. The van der Waals surface area contributed by atoms with Crippen LogP contribution in [0.1, 0.15) is 18.1 Å². The molecule has 0 amide bonds. The van der Waals surface area contributed by atoms with E-state index >= 15 is 0 Å². The molecule has 2 rings (SSSR count). The predicted octanol–water partition coefficient (Wildman–Crippen LogP) is 3.01. The van der Waals surface area contributed by atoms with E-state index in [-0.39, 0.29) is 4.90 Å². The minimum Gasteiger partial charge on any atom is -0.389 e. The van der Waals surface area contributed by atoms with Crippen molar-refractivity contribution in [2.24, 2.45) is 0 Å². The Kier molecular flexibility index (Phi) is 4.60. The molecule has 0 aliphatic rings. The van der Waals surface area contributed by atoms with Crippen LogP contribution >= 0.6 is 0 Å². The van der Waals surface area contributed by atoms with E-state index in [2.05, 4.69) is 0 Å². The highest BCUT2D eigenvalue weighted by molar-refractivity contribution is 7.90. The van der Waals surface area contributed by atoms with Crippen molar-refractivity contribution in [1.29, 1.82) is 0 Å². The van der Waals surface area contributed by atoms with E-state index in [1.807, 2.05) is 36.4 Å². The fourth-order valence-electron chi connectivity index (χ4n) is 2.07. The van der Waals surface area contributed by atoms with Crippen molar-refractivity contribution in [3.8, 4) is 0 Å². The van der Waals surface area contributed by atoms with Gasteiger partial charge in [0.1, 0.15) is 0 Å². The molecule has 0 spiro atoms. The summed E-state index contributed by atoms with van der Waals surface area (Å²) in [6, 6.07) is 16.2. The lowest BCUT2D eigenvalue weighted by Gasteiger charge is -2.11. The van der Waals surface area contributed by atoms with E-state index in [1.165, 1.54) is 6.26 Å². The molecule has 21 heavy (non-hydrogen) atoms. The van der Waals surface area contributed by atoms with Gasteiger partial charge in [0.15, 0.2) is 9.84 Å². The summed E-state index contributed by atoms with van der Waals surface area (Å²) in [7, 11) is -3.19. The molecule has 0 aliphatic carbocycles. The second-order valence-electron chi connectivity index (χ2n) is 4.98. The Morgan fingerprint density at radius 2 is 1.62 bits per heavy atom. The van der Waals surface area contributed by atoms with Crippen LogP contribution in [0.4, 0.5) is 0 Å². The monoisotopic (exact) mass is 302 g/mol. The molecule has 1 unspecified atom stereocenters. The smallest absolute Gasteiger partial charge is 0.175 e. The minimum atomic E-state index is -3.19. The molecular weight excluding hydrogens is 284 g/mol. The van der Waals surface area contributed by atoms with Gasteiger partial charge in [-0.3, -0.25) is 0 Å². The Balaban J connectivity index is 2.40. The van der Waals surface area contributed by atoms with Crippen LogP contribution in [0.25, 0.3) is 11.6 Å². The summed E-state index contributed by atoms with van der Waals surface area (Å²) in [6.07, 6.45) is 2.44. The average molecular weight is 302 g/mol. The molecule has 2 aromatic rings. The minimum absolute atomic E-state index is 0.290. The molecule has 0 fully saturated rings. The zero-order valence-corrected chi connectivity index (χ0v) is 12.8. The van der Waals surface area contributed by atoms with Crippen LogP contribution in [0.3, 0.4) is 0 Å². The van der Waals surface area contributed by atoms with Gasteiger partial charge >= 0.3 is 0 Å². The summed E-state index contributed by atoms with van der Waals surface area (Å²) in [5, 5.41) is 9.95. The summed E-state index contributed by atoms with van der Waals surface area (Å²) in [5.41, 5.74) is 2.59. The maximum Gasteiger partial charge on any atom is 0.175 e. The van der Waals surface area contributed by atoms with Crippen molar-refractivity contribution in [3.05, 3.63) is 65.7 Å². The lowest BCUT2D eigenvalue weighted by molar-refractivity contribution is 0.254. The Morgan fingerprint density at radius 3 is 2.10 bits per heavy atom. The summed E-state index contributed by atoms with van der Waals surface area (Å²) in [4.78, 5) is 0.290. The van der Waals surface area contributed by atoms with Crippen LogP contribution in [-0.4, -0.2) is 25.9 Å². The molecule has 0 heterocycles. The molecular formula is C17H18O3S. The van der Waals surface area contributed by atoms with Gasteiger partial charge in [-0.15, -0.1) is 0 Å². The normalized spacial score (nSPS) is 14.0. The first kappa shape index (κ1) is 15.5. The second-order valence-corrected chi connectivity index (χ2v) is 7.00. The Labute approximate surface area is 125 Å². The van der Waals surface area contributed by atoms with Crippen LogP contribution in [0.5, 0.6) is 0 Å². The van der Waals surface area contributed by atoms with Gasteiger partial charge in [0.2, 0.25) is 0 Å². The molecule has 110 valence electrons. The number of hydrogen-bond acceptors (Lipinski definition) is 3. The quantitative estimate of drug-likeness (QED) is 0.883. The van der Waals surface area contributed by atoms with Gasteiger partial charge in [0.05, 0.1) is 11.0 Å². The van der Waals surface area contributed by atoms with Crippen molar-refractivity contribution in [2.75, 3.05) is 6.26 Å². The zero-order chi connectivity index (χ0) is 15.5. The maximum absolute atomic E-state index is 11.4. The lowest BCUT2D eigenvalue weighted by atomic mass is 9.99. The van der Waals surface area contributed by atoms with Crippen LogP contribution in [0, 0.1) is 0 Å². The summed E-state index contributed by atoms with van der Waals surface area (Å²) in [6.45, 7) is 1.71. The van der Waals surface area contributed by atoms with E-state index in [4.69, 9.17) is 0 Å². The number of hydrogen-bond donors (Lipinski definition) is 1. The number of aliphatic hydroxyl groups is 1. The van der Waals surface area contributed by atoms with Gasteiger partial charge in [-0.1, -0.05) is 42.5 Å². The number of aliphatic hydroxyl groups excluding tert-OH is 1. The van der Waals surface area contributed by atoms with E-state index in [0.29, 0.717) is 0 Å². The maximum atomic E-state index is 11.4. The first-order chi connectivity index (χ1) is 9.88. The van der Waals surface area contributed by atoms with Gasteiger partial charge in [-0.2, -0.15) is 0 Å². The van der Waals surface area contributed by atoms with E-state index in [9.17, 15) is 13.5 Å². The largest absolute Gasteiger partial charge is 0.389 e. The predicted molar refractivity (Wildman–Crippen MR) is 85.5 cm³/mol. The molecule has 1 atom stereocenters. The Morgan fingerprint density at radius 1 is 1.05 bits per heavy atom. The molecule has 0 saturated carbocycles. The first-order valence-corrected chi connectivity index (χ1v) is 8.52. The molecule has 0 radical (unpaired) electrons.